The third-order valence-corrected chi connectivity index (χ3v) is 3.94. The summed E-state index contributed by atoms with van der Waals surface area (Å²) >= 11 is 5.86. The Bertz CT molecular complexity index is 563. The Morgan fingerprint density at radius 2 is 2.14 bits per heavy atom. The van der Waals surface area contributed by atoms with E-state index in [1.807, 2.05) is 24.3 Å². The van der Waals surface area contributed by atoms with Crippen molar-refractivity contribution in [3.63, 3.8) is 0 Å². The van der Waals surface area contributed by atoms with Crippen molar-refractivity contribution in [3.05, 3.63) is 40.7 Å². The van der Waals surface area contributed by atoms with Crippen molar-refractivity contribution in [2.24, 2.45) is 0 Å². The van der Waals surface area contributed by atoms with E-state index in [1.165, 1.54) is 5.56 Å². The molecule has 5 nitrogen and oxygen atoms in total. The van der Waals surface area contributed by atoms with E-state index in [-0.39, 0.29) is 0 Å². The highest BCUT2D eigenvalue weighted by Crippen LogP contribution is 2.23. The smallest absolute Gasteiger partial charge is 0.315 e. The van der Waals surface area contributed by atoms with Crippen molar-refractivity contribution in [1.29, 1.82) is 0 Å². The first-order valence-corrected chi connectivity index (χ1v) is 7.71. The van der Waals surface area contributed by atoms with Crippen LogP contribution >= 0.6 is 11.6 Å². The molecule has 1 atom stereocenters. The molecule has 2 heterocycles. The molecule has 6 heteroatoms. The highest BCUT2D eigenvalue weighted by molar-refractivity contribution is 6.30. The number of piperidine rings is 1. The number of anilines is 1. The van der Waals surface area contributed by atoms with Crippen molar-refractivity contribution in [3.8, 4) is 0 Å². The van der Waals surface area contributed by atoms with E-state index in [0.717, 1.165) is 49.8 Å². The number of halogens is 1. The minimum absolute atomic E-state index is 0.345. The van der Waals surface area contributed by atoms with Gasteiger partial charge in [0.2, 0.25) is 5.89 Å². The molecule has 1 aromatic carbocycles. The van der Waals surface area contributed by atoms with Gasteiger partial charge >= 0.3 is 6.01 Å². The molecular weight excluding hydrogens is 288 g/mol. The van der Waals surface area contributed by atoms with Crippen LogP contribution in [0.15, 0.2) is 28.7 Å². The van der Waals surface area contributed by atoms with Crippen LogP contribution < -0.4 is 10.6 Å². The number of nitrogens with zero attached hydrogens (tertiary/aromatic N) is 2. The first kappa shape index (κ1) is 14.4. The molecule has 0 saturated carbocycles. The Kier molecular flexibility index (Phi) is 4.72. The lowest BCUT2D eigenvalue weighted by atomic mass is 10.00. The van der Waals surface area contributed by atoms with Crippen molar-refractivity contribution in [2.45, 2.75) is 25.2 Å². The summed E-state index contributed by atoms with van der Waals surface area (Å²) in [6, 6.07) is 8.35. The molecule has 1 aromatic heterocycles. The lowest BCUT2D eigenvalue weighted by molar-refractivity contribution is 0.381. The summed E-state index contributed by atoms with van der Waals surface area (Å²) in [6.45, 7) is 2.76. The number of benzene rings is 1. The normalized spacial score (nSPS) is 18.6. The summed E-state index contributed by atoms with van der Waals surface area (Å²) in [5, 5.41) is 15.5. The molecular formula is C15H19ClN4O. The lowest BCUT2D eigenvalue weighted by Gasteiger charge is -2.18. The van der Waals surface area contributed by atoms with Crippen molar-refractivity contribution >= 4 is 17.6 Å². The maximum atomic E-state index is 5.86. The van der Waals surface area contributed by atoms with Crippen LogP contribution in [0.3, 0.4) is 0 Å². The van der Waals surface area contributed by atoms with Gasteiger partial charge in [0, 0.05) is 24.0 Å². The summed E-state index contributed by atoms with van der Waals surface area (Å²) < 4.78 is 5.69. The lowest BCUT2D eigenvalue weighted by Crippen LogP contribution is -2.28. The summed E-state index contributed by atoms with van der Waals surface area (Å²) in [6.07, 6.45) is 3.16. The van der Waals surface area contributed by atoms with Gasteiger partial charge in [0.25, 0.3) is 0 Å². The minimum Gasteiger partial charge on any atom is -0.408 e. The molecule has 0 aliphatic carbocycles. The second kappa shape index (κ2) is 6.91. The van der Waals surface area contributed by atoms with Gasteiger partial charge in [-0.05, 0) is 43.5 Å². The fraction of sp³-hybridized carbons (Fsp3) is 0.467. The molecule has 21 heavy (non-hydrogen) atoms. The Morgan fingerprint density at radius 1 is 1.29 bits per heavy atom. The molecule has 2 N–H and O–H groups in total. The molecule has 1 fully saturated rings. The predicted molar refractivity (Wildman–Crippen MR) is 82.8 cm³/mol. The number of nitrogens with one attached hydrogen (secondary N) is 2. The summed E-state index contributed by atoms with van der Waals surface area (Å²) in [7, 11) is 0. The van der Waals surface area contributed by atoms with Crippen LogP contribution in [0.2, 0.25) is 5.02 Å². The van der Waals surface area contributed by atoms with E-state index in [2.05, 4.69) is 20.8 Å². The number of hydrogen-bond donors (Lipinski definition) is 2. The quantitative estimate of drug-likeness (QED) is 0.889. The Balaban J connectivity index is 1.49. The van der Waals surface area contributed by atoms with Gasteiger partial charge in [-0.1, -0.05) is 28.8 Å². The van der Waals surface area contributed by atoms with Crippen LogP contribution in [-0.2, 0) is 6.42 Å². The van der Waals surface area contributed by atoms with Gasteiger partial charge in [0.05, 0.1) is 0 Å². The molecule has 2 aromatic rings. The van der Waals surface area contributed by atoms with Gasteiger partial charge in [0.1, 0.15) is 0 Å². The average molecular weight is 307 g/mol. The zero-order valence-electron chi connectivity index (χ0n) is 11.8. The topological polar surface area (TPSA) is 63.0 Å². The number of hydrogen-bond acceptors (Lipinski definition) is 5. The maximum absolute atomic E-state index is 5.86. The highest BCUT2D eigenvalue weighted by atomic mass is 35.5. The van der Waals surface area contributed by atoms with E-state index in [4.69, 9.17) is 16.0 Å². The molecule has 0 radical (unpaired) electrons. The first-order valence-electron chi connectivity index (χ1n) is 7.34. The van der Waals surface area contributed by atoms with Gasteiger partial charge in [-0.2, -0.15) is 0 Å². The van der Waals surface area contributed by atoms with Crippen LogP contribution in [0, 0.1) is 0 Å². The largest absolute Gasteiger partial charge is 0.408 e. The molecule has 3 rings (SSSR count). The summed E-state index contributed by atoms with van der Waals surface area (Å²) in [5.74, 6) is 1.08. The SMILES string of the molecule is Clc1ccc(CCNc2nnc(C3CCCNC3)o2)cc1. The van der Waals surface area contributed by atoms with Crippen molar-refractivity contribution in [2.75, 3.05) is 25.0 Å². The van der Waals surface area contributed by atoms with Gasteiger partial charge in [0.15, 0.2) is 0 Å². The predicted octanol–water partition coefficient (Wildman–Crippen LogP) is 2.84. The van der Waals surface area contributed by atoms with Gasteiger partial charge < -0.3 is 15.1 Å². The van der Waals surface area contributed by atoms with E-state index in [0.29, 0.717) is 11.9 Å². The first-order chi connectivity index (χ1) is 10.3. The van der Waals surface area contributed by atoms with Gasteiger partial charge in [-0.15, -0.1) is 5.10 Å². The Hall–Kier alpha value is -1.59. The monoisotopic (exact) mass is 306 g/mol. The fourth-order valence-electron chi connectivity index (χ4n) is 2.50. The second-order valence-corrected chi connectivity index (χ2v) is 5.73. The second-order valence-electron chi connectivity index (χ2n) is 5.29. The number of rotatable bonds is 5. The molecule has 112 valence electrons. The zero-order chi connectivity index (χ0) is 14.5. The molecule has 1 unspecified atom stereocenters. The Labute approximate surface area is 129 Å². The highest BCUT2D eigenvalue weighted by Gasteiger charge is 2.20. The molecule has 1 saturated heterocycles. The van der Waals surface area contributed by atoms with Crippen LogP contribution in [0.25, 0.3) is 0 Å². The zero-order valence-corrected chi connectivity index (χ0v) is 12.6. The van der Waals surface area contributed by atoms with Crippen LogP contribution in [0.4, 0.5) is 6.01 Å². The van der Waals surface area contributed by atoms with E-state index in [9.17, 15) is 0 Å². The average Bonchev–Trinajstić information content (AvgIpc) is 2.99. The molecule has 0 amide bonds. The summed E-state index contributed by atoms with van der Waals surface area (Å²) in [4.78, 5) is 0. The van der Waals surface area contributed by atoms with Crippen LogP contribution in [0.5, 0.6) is 0 Å². The van der Waals surface area contributed by atoms with Crippen molar-refractivity contribution in [1.82, 2.24) is 15.5 Å². The van der Waals surface area contributed by atoms with E-state index >= 15 is 0 Å². The molecule has 1 aliphatic rings. The van der Waals surface area contributed by atoms with Crippen LogP contribution in [0.1, 0.15) is 30.2 Å². The fourth-order valence-corrected chi connectivity index (χ4v) is 2.62. The third kappa shape index (κ3) is 3.95. The van der Waals surface area contributed by atoms with Crippen molar-refractivity contribution < 1.29 is 4.42 Å². The van der Waals surface area contributed by atoms with Gasteiger partial charge in [-0.25, -0.2) is 0 Å². The third-order valence-electron chi connectivity index (χ3n) is 3.69. The Morgan fingerprint density at radius 3 is 2.90 bits per heavy atom. The van der Waals surface area contributed by atoms with E-state index in [1.54, 1.807) is 0 Å². The number of aromatic nitrogens is 2. The standard InChI is InChI=1S/C15H19ClN4O/c16-13-5-3-11(4-6-13)7-9-18-15-20-19-14(21-15)12-2-1-8-17-10-12/h3-6,12,17H,1-2,7-10H2,(H,18,20). The maximum Gasteiger partial charge on any atom is 0.315 e. The molecule has 0 bridgehead atoms. The minimum atomic E-state index is 0.345. The summed E-state index contributed by atoms with van der Waals surface area (Å²) in [5.41, 5.74) is 1.23. The molecule has 0 spiro atoms. The van der Waals surface area contributed by atoms with Crippen LogP contribution in [-0.4, -0.2) is 29.8 Å². The van der Waals surface area contributed by atoms with E-state index < -0.39 is 0 Å². The molecule has 1 aliphatic heterocycles. The van der Waals surface area contributed by atoms with Gasteiger partial charge in [-0.3, -0.25) is 0 Å².